The lowest BCUT2D eigenvalue weighted by atomic mass is 10.1. The van der Waals surface area contributed by atoms with Gasteiger partial charge in [0.05, 0.1) is 5.56 Å². The number of carbonyl (C=O) groups excluding carboxylic acids is 1. The van der Waals surface area contributed by atoms with Gasteiger partial charge in [0, 0.05) is 5.56 Å². The highest BCUT2D eigenvalue weighted by Gasteiger charge is 2.48. The molecule has 0 fully saturated rings. The lowest BCUT2D eigenvalue weighted by molar-refractivity contribution is -0.0500. The minimum absolute atomic E-state index is 0.171. The fourth-order valence-corrected chi connectivity index (χ4v) is 2.03. The number of halogens is 3. The number of esters is 1. The highest BCUT2D eigenvalue weighted by Crippen LogP contribution is 2.34. The number of hydrogen-bond acceptors (Lipinski definition) is 5. The van der Waals surface area contributed by atoms with Gasteiger partial charge in [-0.2, -0.15) is 21.6 Å². The van der Waals surface area contributed by atoms with Crippen LogP contribution in [-0.4, -0.2) is 19.9 Å². The standard InChI is InChI=1S/C10H7F3O5S/c1-5-8-4-6(2-3-7(8)9(14)17-5)18-19(15,16)10(11,12)13/h2-5H,1H3. The van der Waals surface area contributed by atoms with Gasteiger partial charge in [-0.15, -0.1) is 0 Å². The fourth-order valence-electron chi connectivity index (χ4n) is 1.58. The van der Waals surface area contributed by atoms with Gasteiger partial charge < -0.3 is 8.92 Å². The molecule has 1 atom stereocenters. The van der Waals surface area contributed by atoms with E-state index in [1.807, 2.05) is 0 Å². The third-order valence-electron chi connectivity index (χ3n) is 2.45. The van der Waals surface area contributed by atoms with Crippen LogP contribution in [0.3, 0.4) is 0 Å². The highest BCUT2D eigenvalue weighted by atomic mass is 32.2. The molecule has 0 amide bonds. The molecule has 0 aromatic heterocycles. The first-order chi connectivity index (χ1) is 8.62. The van der Waals surface area contributed by atoms with Crippen LogP contribution in [0.5, 0.6) is 5.75 Å². The molecule has 0 saturated carbocycles. The number of benzene rings is 1. The van der Waals surface area contributed by atoms with Crippen LogP contribution in [0.4, 0.5) is 13.2 Å². The largest absolute Gasteiger partial charge is 0.534 e. The Morgan fingerprint density at radius 3 is 2.53 bits per heavy atom. The molecule has 1 aliphatic heterocycles. The Hall–Kier alpha value is -1.77. The first-order valence-corrected chi connectivity index (χ1v) is 6.38. The van der Waals surface area contributed by atoms with Gasteiger partial charge in [0.1, 0.15) is 11.9 Å². The molecular weight excluding hydrogens is 289 g/mol. The van der Waals surface area contributed by atoms with Gasteiger partial charge in [-0.3, -0.25) is 0 Å². The topological polar surface area (TPSA) is 69.7 Å². The first kappa shape index (κ1) is 13.7. The summed E-state index contributed by atoms with van der Waals surface area (Å²) >= 11 is 0. The highest BCUT2D eigenvalue weighted by molar-refractivity contribution is 7.88. The van der Waals surface area contributed by atoms with Crippen molar-refractivity contribution < 1.29 is 35.3 Å². The van der Waals surface area contributed by atoms with E-state index in [-0.39, 0.29) is 11.1 Å². The van der Waals surface area contributed by atoms with E-state index in [9.17, 15) is 26.4 Å². The number of hydrogen-bond donors (Lipinski definition) is 0. The van der Waals surface area contributed by atoms with Crippen LogP contribution < -0.4 is 4.18 Å². The summed E-state index contributed by atoms with van der Waals surface area (Å²) < 4.78 is 66.8. The monoisotopic (exact) mass is 296 g/mol. The van der Waals surface area contributed by atoms with Gasteiger partial charge >= 0.3 is 21.6 Å². The molecule has 0 spiro atoms. The summed E-state index contributed by atoms with van der Waals surface area (Å²) in [5.74, 6) is -1.14. The molecule has 0 saturated heterocycles. The second-order valence-electron chi connectivity index (χ2n) is 3.78. The molecule has 0 N–H and O–H groups in total. The van der Waals surface area contributed by atoms with Crippen molar-refractivity contribution in [1.82, 2.24) is 0 Å². The molecule has 1 unspecified atom stereocenters. The SMILES string of the molecule is CC1OC(=O)c2ccc(OS(=O)(=O)C(F)(F)F)cc21. The number of ether oxygens (including phenoxy) is 1. The normalized spacial score (nSPS) is 18.9. The maximum atomic E-state index is 12.1. The Balaban J connectivity index is 2.35. The second kappa shape index (κ2) is 4.12. The predicted octanol–water partition coefficient (Wildman–Crippen LogP) is 2.15. The van der Waals surface area contributed by atoms with Crippen molar-refractivity contribution in [1.29, 1.82) is 0 Å². The summed E-state index contributed by atoms with van der Waals surface area (Å²) in [6.07, 6.45) is -0.667. The van der Waals surface area contributed by atoms with Crippen LogP contribution in [-0.2, 0) is 14.9 Å². The molecule has 1 aliphatic rings. The summed E-state index contributed by atoms with van der Waals surface area (Å²) in [4.78, 5) is 11.3. The molecule has 1 heterocycles. The van der Waals surface area contributed by atoms with Gasteiger partial charge in [-0.25, -0.2) is 4.79 Å². The predicted molar refractivity (Wildman–Crippen MR) is 55.9 cm³/mol. The van der Waals surface area contributed by atoms with E-state index in [1.54, 1.807) is 0 Å². The van der Waals surface area contributed by atoms with Crippen LogP contribution in [0, 0.1) is 0 Å². The average molecular weight is 296 g/mol. The third kappa shape index (κ3) is 2.37. The zero-order valence-corrected chi connectivity index (χ0v) is 10.2. The molecule has 5 nitrogen and oxygen atoms in total. The van der Waals surface area contributed by atoms with Crippen molar-refractivity contribution in [3.05, 3.63) is 29.3 Å². The first-order valence-electron chi connectivity index (χ1n) is 4.97. The van der Waals surface area contributed by atoms with Crippen molar-refractivity contribution in [2.24, 2.45) is 0 Å². The molecule has 19 heavy (non-hydrogen) atoms. The lowest BCUT2D eigenvalue weighted by Gasteiger charge is -2.10. The number of fused-ring (bicyclic) bond motifs is 1. The van der Waals surface area contributed by atoms with Gasteiger partial charge in [0.2, 0.25) is 0 Å². The summed E-state index contributed by atoms with van der Waals surface area (Å²) in [6.45, 7) is 1.51. The van der Waals surface area contributed by atoms with E-state index < -0.39 is 33.4 Å². The maximum Gasteiger partial charge on any atom is 0.534 e. The number of alkyl halides is 3. The van der Waals surface area contributed by atoms with Crippen LogP contribution in [0.25, 0.3) is 0 Å². The minimum Gasteiger partial charge on any atom is -0.454 e. The van der Waals surface area contributed by atoms with Crippen molar-refractivity contribution in [2.75, 3.05) is 0 Å². The van der Waals surface area contributed by atoms with E-state index in [2.05, 4.69) is 4.18 Å². The van der Waals surface area contributed by atoms with Gasteiger partial charge in [0.15, 0.2) is 0 Å². The van der Waals surface area contributed by atoms with Crippen molar-refractivity contribution in [2.45, 2.75) is 18.5 Å². The quantitative estimate of drug-likeness (QED) is 0.475. The van der Waals surface area contributed by atoms with Crippen LogP contribution in [0.15, 0.2) is 18.2 Å². The third-order valence-corrected chi connectivity index (χ3v) is 3.43. The van der Waals surface area contributed by atoms with E-state index in [1.165, 1.54) is 6.92 Å². The van der Waals surface area contributed by atoms with Crippen LogP contribution >= 0.6 is 0 Å². The van der Waals surface area contributed by atoms with E-state index in [4.69, 9.17) is 4.74 Å². The molecule has 0 bridgehead atoms. The molecule has 104 valence electrons. The smallest absolute Gasteiger partial charge is 0.454 e. The average Bonchev–Trinajstić information content (AvgIpc) is 2.52. The zero-order chi connectivity index (χ0) is 14.4. The summed E-state index contributed by atoms with van der Waals surface area (Å²) in [5.41, 5.74) is -5.06. The molecule has 0 aliphatic carbocycles. The Kier molecular flexibility index (Phi) is 2.96. The lowest BCUT2D eigenvalue weighted by Crippen LogP contribution is -2.28. The van der Waals surface area contributed by atoms with Crippen LogP contribution in [0.1, 0.15) is 28.9 Å². The molecule has 1 aromatic carbocycles. The second-order valence-corrected chi connectivity index (χ2v) is 5.32. The summed E-state index contributed by atoms with van der Waals surface area (Å²) in [6, 6.07) is 3.15. The van der Waals surface area contributed by atoms with E-state index >= 15 is 0 Å². The zero-order valence-electron chi connectivity index (χ0n) is 9.39. The van der Waals surface area contributed by atoms with E-state index in [0.29, 0.717) is 0 Å². The Morgan fingerprint density at radius 2 is 1.95 bits per heavy atom. The van der Waals surface area contributed by atoms with Gasteiger partial charge in [0.25, 0.3) is 0 Å². The number of cyclic esters (lactones) is 1. The van der Waals surface area contributed by atoms with Crippen LogP contribution in [0.2, 0.25) is 0 Å². The summed E-state index contributed by atoms with van der Waals surface area (Å²) in [5, 5.41) is 0. The van der Waals surface area contributed by atoms with Crippen molar-refractivity contribution in [3.63, 3.8) is 0 Å². The van der Waals surface area contributed by atoms with Crippen molar-refractivity contribution in [3.8, 4) is 5.75 Å². The number of rotatable bonds is 2. The fraction of sp³-hybridized carbons (Fsp3) is 0.300. The molecule has 9 heteroatoms. The Bertz CT molecular complexity index is 635. The number of carbonyl (C=O) groups is 1. The molecule has 0 radical (unpaired) electrons. The summed E-state index contributed by atoms with van der Waals surface area (Å²) in [7, 11) is -5.72. The van der Waals surface area contributed by atoms with Gasteiger partial charge in [-0.05, 0) is 25.1 Å². The molecular formula is C10H7F3O5S. The van der Waals surface area contributed by atoms with Gasteiger partial charge in [-0.1, -0.05) is 0 Å². The van der Waals surface area contributed by atoms with Crippen molar-refractivity contribution >= 4 is 16.1 Å². The Morgan fingerprint density at radius 1 is 1.32 bits per heavy atom. The Labute approximate surface area is 106 Å². The molecule has 1 aromatic rings. The maximum absolute atomic E-state index is 12.1. The van der Waals surface area contributed by atoms with E-state index in [0.717, 1.165) is 18.2 Å². The minimum atomic E-state index is -5.72. The molecule has 2 rings (SSSR count).